The number of thioether (sulfide) groups is 1. The van der Waals surface area contributed by atoms with Gasteiger partial charge in [-0.2, -0.15) is 0 Å². The Morgan fingerprint density at radius 3 is 2.62 bits per heavy atom. The molecule has 0 saturated carbocycles. The topological polar surface area (TPSA) is 55.2 Å². The molecule has 0 aliphatic heterocycles. The number of aromatic nitrogens is 2. The van der Waals surface area contributed by atoms with Gasteiger partial charge in [0.25, 0.3) is 5.56 Å². The van der Waals surface area contributed by atoms with Gasteiger partial charge < -0.3 is 4.90 Å². The Hall–Kier alpha value is -2.19. The van der Waals surface area contributed by atoms with E-state index in [1.807, 2.05) is 24.1 Å². The molecule has 3 rings (SSSR count). The van der Waals surface area contributed by atoms with Gasteiger partial charge in [-0.3, -0.25) is 14.2 Å². The fourth-order valence-corrected chi connectivity index (χ4v) is 4.77. The molecule has 0 saturated heterocycles. The van der Waals surface area contributed by atoms with E-state index in [-0.39, 0.29) is 29.6 Å². The van der Waals surface area contributed by atoms with E-state index in [1.54, 1.807) is 24.3 Å². The number of hydrogen-bond acceptors (Lipinski definition) is 5. The Labute approximate surface area is 177 Å². The second-order valence-electron chi connectivity index (χ2n) is 6.68. The van der Waals surface area contributed by atoms with E-state index in [0.29, 0.717) is 34.0 Å². The smallest absolute Gasteiger partial charge is 0.272 e. The van der Waals surface area contributed by atoms with Gasteiger partial charge in [0.1, 0.15) is 10.5 Å². The number of amides is 1. The molecular formula is C21H24FN3O2S2. The first-order valence-corrected chi connectivity index (χ1v) is 11.5. The fraction of sp³-hybridized carbons (Fsp3) is 0.381. The number of halogens is 1. The highest BCUT2D eigenvalue weighted by atomic mass is 32.2. The Morgan fingerprint density at radius 2 is 1.93 bits per heavy atom. The third-order valence-corrected chi connectivity index (χ3v) is 6.33. The zero-order valence-corrected chi connectivity index (χ0v) is 18.2. The summed E-state index contributed by atoms with van der Waals surface area (Å²) in [6.07, 6.45) is 1.79. The van der Waals surface area contributed by atoms with E-state index >= 15 is 0 Å². The van der Waals surface area contributed by atoms with Crippen molar-refractivity contribution in [1.29, 1.82) is 0 Å². The molecule has 8 heteroatoms. The summed E-state index contributed by atoms with van der Waals surface area (Å²) < 4.78 is 16.2. The van der Waals surface area contributed by atoms with Gasteiger partial charge in [0.15, 0.2) is 5.16 Å². The Kier molecular flexibility index (Phi) is 7.44. The third kappa shape index (κ3) is 5.05. The Balaban J connectivity index is 1.91. The van der Waals surface area contributed by atoms with Crippen molar-refractivity contribution in [2.45, 2.75) is 38.4 Å². The maximum absolute atomic E-state index is 14.2. The van der Waals surface area contributed by atoms with Crippen LogP contribution in [0.3, 0.4) is 0 Å². The molecule has 154 valence electrons. The molecule has 0 atom stereocenters. The van der Waals surface area contributed by atoms with Crippen LogP contribution in [0.5, 0.6) is 0 Å². The first-order chi connectivity index (χ1) is 14.0. The number of thiophene rings is 1. The molecule has 0 aliphatic rings. The van der Waals surface area contributed by atoms with Gasteiger partial charge in [-0.25, -0.2) is 9.37 Å². The lowest BCUT2D eigenvalue weighted by Crippen LogP contribution is -2.34. The quantitative estimate of drug-likeness (QED) is 0.371. The van der Waals surface area contributed by atoms with Crippen LogP contribution in [0, 0.1) is 5.82 Å². The summed E-state index contributed by atoms with van der Waals surface area (Å²) in [5, 5.41) is 2.25. The molecule has 3 aromatic rings. The number of rotatable bonds is 9. The largest absolute Gasteiger partial charge is 0.342 e. The van der Waals surface area contributed by atoms with Crippen LogP contribution in [-0.2, 0) is 11.3 Å². The highest BCUT2D eigenvalue weighted by Gasteiger charge is 2.18. The molecule has 29 heavy (non-hydrogen) atoms. The molecule has 0 spiro atoms. The van der Waals surface area contributed by atoms with Crippen molar-refractivity contribution in [3.8, 4) is 0 Å². The van der Waals surface area contributed by atoms with Gasteiger partial charge in [-0.05, 0) is 30.4 Å². The summed E-state index contributed by atoms with van der Waals surface area (Å²) in [5.74, 6) is -0.148. The highest BCUT2D eigenvalue weighted by molar-refractivity contribution is 7.99. The standard InChI is InChI=1S/C21H24FN3O2S2/c1-3-10-24(11-4-2)18(26)14-29-21-23-17-9-12-28-19(17)20(27)25(21)13-15-7-5-6-8-16(15)22/h5-9,12H,3-4,10-11,13-14H2,1-2H3. The minimum Gasteiger partial charge on any atom is -0.342 e. The van der Waals surface area contributed by atoms with Crippen LogP contribution in [0.4, 0.5) is 4.39 Å². The average Bonchev–Trinajstić information content (AvgIpc) is 3.18. The zero-order valence-electron chi connectivity index (χ0n) is 16.6. The van der Waals surface area contributed by atoms with Crippen LogP contribution >= 0.6 is 23.1 Å². The van der Waals surface area contributed by atoms with Crippen molar-refractivity contribution in [1.82, 2.24) is 14.5 Å². The van der Waals surface area contributed by atoms with Crippen molar-refractivity contribution in [2.75, 3.05) is 18.8 Å². The van der Waals surface area contributed by atoms with Crippen LogP contribution in [0.25, 0.3) is 10.2 Å². The number of carbonyl (C=O) groups excluding carboxylic acids is 1. The van der Waals surface area contributed by atoms with Crippen LogP contribution in [0.2, 0.25) is 0 Å². The first kappa shape index (κ1) is 21.5. The van der Waals surface area contributed by atoms with Crippen molar-refractivity contribution >= 4 is 39.2 Å². The minimum absolute atomic E-state index is 0.0239. The molecule has 0 aliphatic carbocycles. The third-order valence-electron chi connectivity index (χ3n) is 4.48. The Bertz CT molecular complexity index is 1040. The Morgan fingerprint density at radius 1 is 1.21 bits per heavy atom. The van der Waals surface area contributed by atoms with Crippen molar-refractivity contribution in [3.05, 3.63) is 57.4 Å². The van der Waals surface area contributed by atoms with Gasteiger partial charge in [-0.15, -0.1) is 11.3 Å². The van der Waals surface area contributed by atoms with Crippen LogP contribution in [0.1, 0.15) is 32.3 Å². The maximum atomic E-state index is 14.2. The highest BCUT2D eigenvalue weighted by Crippen LogP contribution is 2.22. The lowest BCUT2D eigenvalue weighted by molar-refractivity contribution is -0.128. The van der Waals surface area contributed by atoms with Crippen molar-refractivity contribution in [2.24, 2.45) is 0 Å². The first-order valence-electron chi connectivity index (χ1n) is 9.67. The predicted molar refractivity (Wildman–Crippen MR) is 117 cm³/mol. The van der Waals surface area contributed by atoms with E-state index in [4.69, 9.17) is 0 Å². The van der Waals surface area contributed by atoms with Gasteiger partial charge in [0.2, 0.25) is 5.91 Å². The van der Waals surface area contributed by atoms with E-state index in [9.17, 15) is 14.0 Å². The molecule has 2 heterocycles. The van der Waals surface area contributed by atoms with E-state index in [0.717, 1.165) is 12.8 Å². The maximum Gasteiger partial charge on any atom is 0.272 e. The summed E-state index contributed by atoms with van der Waals surface area (Å²) in [5.41, 5.74) is 0.819. The van der Waals surface area contributed by atoms with Crippen molar-refractivity contribution in [3.63, 3.8) is 0 Å². The fourth-order valence-electron chi connectivity index (χ4n) is 3.09. The summed E-state index contributed by atoms with van der Waals surface area (Å²) in [6.45, 7) is 5.59. The summed E-state index contributed by atoms with van der Waals surface area (Å²) in [4.78, 5) is 32.1. The normalized spacial score (nSPS) is 11.1. The second kappa shape index (κ2) is 10.0. The van der Waals surface area contributed by atoms with E-state index in [2.05, 4.69) is 4.98 Å². The van der Waals surface area contributed by atoms with E-state index < -0.39 is 0 Å². The second-order valence-corrected chi connectivity index (χ2v) is 8.54. The van der Waals surface area contributed by atoms with Gasteiger partial charge in [0.05, 0.1) is 17.8 Å². The molecular weight excluding hydrogens is 409 g/mol. The summed E-state index contributed by atoms with van der Waals surface area (Å²) >= 11 is 2.56. The number of hydrogen-bond donors (Lipinski definition) is 0. The summed E-state index contributed by atoms with van der Waals surface area (Å²) in [6, 6.07) is 8.18. The molecule has 0 unspecified atom stereocenters. The van der Waals surface area contributed by atoms with Gasteiger partial charge in [0, 0.05) is 18.7 Å². The summed E-state index contributed by atoms with van der Waals surface area (Å²) in [7, 11) is 0. The molecule has 0 N–H and O–H groups in total. The molecule has 0 radical (unpaired) electrons. The average molecular weight is 434 g/mol. The number of fused-ring (bicyclic) bond motifs is 1. The number of nitrogens with zero attached hydrogens (tertiary/aromatic N) is 3. The SMILES string of the molecule is CCCN(CCC)C(=O)CSc1nc2ccsc2c(=O)n1Cc1ccccc1F. The number of benzene rings is 1. The zero-order chi connectivity index (χ0) is 20.8. The monoisotopic (exact) mass is 433 g/mol. The van der Waals surface area contributed by atoms with E-state index in [1.165, 1.54) is 33.7 Å². The van der Waals surface area contributed by atoms with Crippen LogP contribution < -0.4 is 5.56 Å². The molecule has 2 aromatic heterocycles. The lowest BCUT2D eigenvalue weighted by Gasteiger charge is -2.21. The van der Waals surface area contributed by atoms with Crippen LogP contribution in [0.15, 0.2) is 45.7 Å². The molecule has 0 fully saturated rings. The van der Waals surface area contributed by atoms with Crippen molar-refractivity contribution < 1.29 is 9.18 Å². The molecule has 1 aromatic carbocycles. The number of carbonyl (C=O) groups is 1. The predicted octanol–water partition coefficient (Wildman–Crippen LogP) is 4.39. The lowest BCUT2D eigenvalue weighted by atomic mass is 10.2. The molecule has 5 nitrogen and oxygen atoms in total. The minimum atomic E-state index is -0.366. The molecule has 0 bridgehead atoms. The van der Waals surface area contributed by atoms with Crippen LogP contribution in [-0.4, -0.2) is 39.2 Å². The molecule has 1 amide bonds. The van der Waals surface area contributed by atoms with Gasteiger partial charge >= 0.3 is 0 Å². The van der Waals surface area contributed by atoms with Gasteiger partial charge in [-0.1, -0.05) is 43.8 Å².